The number of morpholine rings is 1. The fourth-order valence-electron chi connectivity index (χ4n) is 1.94. The van der Waals surface area contributed by atoms with E-state index in [-0.39, 0.29) is 30.2 Å². The van der Waals surface area contributed by atoms with Gasteiger partial charge in [0.2, 0.25) is 5.91 Å². The van der Waals surface area contributed by atoms with Gasteiger partial charge in [-0.2, -0.15) is 0 Å². The minimum Gasteiger partial charge on any atom is -0.383 e. The zero-order valence-corrected chi connectivity index (χ0v) is 11.8. The van der Waals surface area contributed by atoms with Crippen molar-refractivity contribution in [2.75, 3.05) is 40.0 Å². The van der Waals surface area contributed by atoms with Gasteiger partial charge in [-0.25, -0.2) is 4.98 Å². The van der Waals surface area contributed by atoms with Crippen LogP contribution in [-0.2, 0) is 14.3 Å². The van der Waals surface area contributed by atoms with Crippen LogP contribution < -0.4 is 5.32 Å². The Kier molecular flexibility index (Phi) is 5.59. The number of rotatable bonds is 6. The van der Waals surface area contributed by atoms with E-state index in [4.69, 9.17) is 9.47 Å². The molecule has 2 rings (SSSR count). The minimum absolute atomic E-state index is 0.0232. The molecule has 8 nitrogen and oxygen atoms in total. The molecule has 1 aromatic rings. The Hall–Kier alpha value is -2.06. The first-order valence-corrected chi connectivity index (χ1v) is 6.63. The molecular weight excluding hydrogens is 276 g/mol. The summed E-state index contributed by atoms with van der Waals surface area (Å²) in [5, 5.41) is 2.72. The first-order valence-electron chi connectivity index (χ1n) is 6.63. The summed E-state index contributed by atoms with van der Waals surface area (Å²) in [6, 6.07) is 0. The molecule has 2 heterocycles. The van der Waals surface area contributed by atoms with E-state index in [0.29, 0.717) is 26.2 Å². The lowest BCUT2D eigenvalue weighted by atomic mass is 10.2. The Labute approximate surface area is 122 Å². The number of hydrogen-bond acceptors (Lipinski definition) is 6. The molecule has 1 atom stereocenters. The third-order valence-electron chi connectivity index (χ3n) is 3.07. The SMILES string of the molecule is COCCN1CC(CNC(=O)c2cnccn2)OCC1=O. The Balaban J connectivity index is 1.80. The maximum atomic E-state index is 11.8. The number of hydrogen-bond donors (Lipinski definition) is 1. The summed E-state index contributed by atoms with van der Waals surface area (Å²) in [6.45, 7) is 1.77. The number of aromatic nitrogens is 2. The molecule has 0 bridgehead atoms. The standard InChI is InChI=1S/C13H18N4O4/c1-20-5-4-17-8-10(21-9-12(17)18)6-16-13(19)11-7-14-2-3-15-11/h2-3,7,10H,4-6,8-9H2,1H3,(H,16,19). The number of carbonyl (C=O) groups is 2. The van der Waals surface area contributed by atoms with E-state index >= 15 is 0 Å². The molecule has 0 radical (unpaired) electrons. The molecule has 2 amide bonds. The Bertz CT molecular complexity index is 482. The van der Waals surface area contributed by atoms with Crippen molar-refractivity contribution in [1.29, 1.82) is 0 Å². The maximum absolute atomic E-state index is 11.8. The topological polar surface area (TPSA) is 93.7 Å². The van der Waals surface area contributed by atoms with Crippen LogP contribution in [0.3, 0.4) is 0 Å². The smallest absolute Gasteiger partial charge is 0.271 e. The van der Waals surface area contributed by atoms with Gasteiger partial charge in [-0.05, 0) is 0 Å². The zero-order chi connectivity index (χ0) is 15.1. The summed E-state index contributed by atoms with van der Waals surface area (Å²) < 4.78 is 10.4. The lowest BCUT2D eigenvalue weighted by molar-refractivity contribution is -0.149. The highest BCUT2D eigenvalue weighted by Gasteiger charge is 2.26. The van der Waals surface area contributed by atoms with E-state index in [1.807, 2.05) is 0 Å². The molecule has 1 aliphatic rings. The molecule has 0 saturated carbocycles. The first-order chi connectivity index (χ1) is 10.2. The quantitative estimate of drug-likeness (QED) is 0.729. The fraction of sp³-hybridized carbons (Fsp3) is 0.538. The largest absolute Gasteiger partial charge is 0.383 e. The zero-order valence-electron chi connectivity index (χ0n) is 11.8. The molecule has 0 aromatic carbocycles. The van der Waals surface area contributed by atoms with Crippen LogP contribution in [0.15, 0.2) is 18.6 Å². The molecular formula is C13H18N4O4. The van der Waals surface area contributed by atoms with Crippen LogP contribution in [0.25, 0.3) is 0 Å². The second kappa shape index (κ2) is 7.65. The third-order valence-corrected chi connectivity index (χ3v) is 3.07. The van der Waals surface area contributed by atoms with Gasteiger partial charge in [0.1, 0.15) is 12.3 Å². The number of methoxy groups -OCH3 is 1. The molecule has 1 N–H and O–H groups in total. The van der Waals surface area contributed by atoms with Crippen LogP contribution in [0.5, 0.6) is 0 Å². The van der Waals surface area contributed by atoms with E-state index in [9.17, 15) is 9.59 Å². The summed E-state index contributed by atoms with van der Waals surface area (Å²) >= 11 is 0. The van der Waals surface area contributed by atoms with Gasteiger partial charge in [-0.1, -0.05) is 0 Å². The van der Waals surface area contributed by atoms with Crippen LogP contribution >= 0.6 is 0 Å². The Morgan fingerprint density at radius 3 is 3.14 bits per heavy atom. The lowest BCUT2D eigenvalue weighted by Crippen LogP contribution is -2.51. The van der Waals surface area contributed by atoms with E-state index in [1.54, 1.807) is 12.0 Å². The molecule has 0 aliphatic carbocycles. The van der Waals surface area contributed by atoms with Gasteiger partial charge in [0.15, 0.2) is 0 Å². The van der Waals surface area contributed by atoms with Crippen molar-refractivity contribution < 1.29 is 19.1 Å². The summed E-state index contributed by atoms with van der Waals surface area (Å²) in [4.78, 5) is 32.9. The predicted molar refractivity (Wildman–Crippen MR) is 72.6 cm³/mol. The average molecular weight is 294 g/mol. The average Bonchev–Trinajstić information content (AvgIpc) is 2.53. The summed E-state index contributed by atoms with van der Waals surface area (Å²) in [6.07, 6.45) is 4.11. The molecule has 1 fully saturated rings. The van der Waals surface area contributed by atoms with Crippen molar-refractivity contribution in [3.05, 3.63) is 24.3 Å². The van der Waals surface area contributed by atoms with Gasteiger partial charge in [-0.3, -0.25) is 14.6 Å². The molecule has 1 unspecified atom stereocenters. The molecule has 114 valence electrons. The second-order valence-electron chi connectivity index (χ2n) is 4.57. The minimum atomic E-state index is -0.313. The van der Waals surface area contributed by atoms with E-state index in [2.05, 4.69) is 15.3 Å². The molecule has 21 heavy (non-hydrogen) atoms. The van der Waals surface area contributed by atoms with Gasteiger partial charge in [-0.15, -0.1) is 0 Å². The summed E-state index contributed by atoms with van der Waals surface area (Å²) in [7, 11) is 1.59. The van der Waals surface area contributed by atoms with Crippen molar-refractivity contribution in [2.45, 2.75) is 6.10 Å². The number of ether oxygens (including phenoxy) is 2. The molecule has 8 heteroatoms. The van der Waals surface area contributed by atoms with Crippen LogP contribution in [0, 0.1) is 0 Å². The van der Waals surface area contributed by atoms with Gasteiger partial charge in [0.25, 0.3) is 5.91 Å². The van der Waals surface area contributed by atoms with Gasteiger partial charge >= 0.3 is 0 Å². The third kappa shape index (κ3) is 4.47. The molecule has 0 spiro atoms. The number of nitrogens with zero attached hydrogens (tertiary/aromatic N) is 3. The Morgan fingerprint density at radius 1 is 1.57 bits per heavy atom. The van der Waals surface area contributed by atoms with E-state index in [1.165, 1.54) is 18.6 Å². The van der Waals surface area contributed by atoms with Crippen molar-refractivity contribution in [2.24, 2.45) is 0 Å². The van der Waals surface area contributed by atoms with Crippen LogP contribution in [0.2, 0.25) is 0 Å². The van der Waals surface area contributed by atoms with Crippen molar-refractivity contribution >= 4 is 11.8 Å². The normalized spacial score (nSPS) is 18.6. The van der Waals surface area contributed by atoms with E-state index < -0.39 is 0 Å². The van der Waals surface area contributed by atoms with Crippen LogP contribution in [0.1, 0.15) is 10.5 Å². The number of carbonyl (C=O) groups excluding carboxylic acids is 2. The monoisotopic (exact) mass is 294 g/mol. The van der Waals surface area contributed by atoms with Gasteiger partial charge in [0, 0.05) is 39.1 Å². The van der Waals surface area contributed by atoms with Crippen LogP contribution in [0.4, 0.5) is 0 Å². The highest BCUT2D eigenvalue weighted by Crippen LogP contribution is 2.06. The summed E-state index contributed by atoms with van der Waals surface area (Å²) in [5.74, 6) is -0.379. The highest BCUT2D eigenvalue weighted by molar-refractivity contribution is 5.91. The molecule has 1 saturated heterocycles. The van der Waals surface area contributed by atoms with Crippen molar-refractivity contribution in [1.82, 2.24) is 20.2 Å². The number of amides is 2. The first kappa shape index (κ1) is 15.3. The van der Waals surface area contributed by atoms with Gasteiger partial charge < -0.3 is 19.7 Å². The molecule has 1 aromatic heterocycles. The van der Waals surface area contributed by atoms with E-state index in [0.717, 1.165) is 0 Å². The molecule has 1 aliphatic heterocycles. The van der Waals surface area contributed by atoms with Crippen molar-refractivity contribution in [3.8, 4) is 0 Å². The van der Waals surface area contributed by atoms with Crippen molar-refractivity contribution in [3.63, 3.8) is 0 Å². The number of nitrogens with one attached hydrogen (secondary N) is 1. The Morgan fingerprint density at radius 2 is 2.43 bits per heavy atom. The van der Waals surface area contributed by atoms with Crippen LogP contribution in [-0.4, -0.2) is 72.7 Å². The van der Waals surface area contributed by atoms with Gasteiger partial charge in [0.05, 0.1) is 18.9 Å². The summed E-state index contributed by atoms with van der Waals surface area (Å²) in [5.41, 5.74) is 0.251. The lowest BCUT2D eigenvalue weighted by Gasteiger charge is -2.32. The highest BCUT2D eigenvalue weighted by atomic mass is 16.5. The predicted octanol–water partition coefficient (Wildman–Crippen LogP) is -0.920. The maximum Gasteiger partial charge on any atom is 0.271 e. The fourth-order valence-corrected chi connectivity index (χ4v) is 1.94. The second-order valence-corrected chi connectivity index (χ2v) is 4.57.